The fourth-order valence-electron chi connectivity index (χ4n) is 2.74. The van der Waals surface area contributed by atoms with Gasteiger partial charge in [-0.15, -0.1) is 0 Å². The van der Waals surface area contributed by atoms with Crippen molar-refractivity contribution < 1.29 is 33.0 Å². The van der Waals surface area contributed by atoms with Gasteiger partial charge < -0.3 is 23.4 Å². The summed E-state index contributed by atoms with van der Waals surface area (Å²) in [5.74, 6) is 0.111. The largest absolute Gasteiger partial charge is 0.494 e. The van der Waals surface area contributed by atoms with Crippen molar-refractivity contribution in [3.8, 4) is 11.5 Å². The van der Waals surface area contributed by atoms with E-state index in [1.54, 1.807) is 49.4 Å². The van der Waals surface area contributed by atoms with Gasteiger partial charge in [0.2, 0.25) is 5.76 Å². The van der Waals surface area contributed by atoms with Crippen LogP contribution in [0, 0.1) is 0 Å². The third kappa shape index (κ3) is 5.07. The first kappa shape index (κ1) is 20.3. The lowest BCUT2D eigenvalue weighted by Crippen LogP contribution is -2.15. The summed E-state index contributed by atoms with van der Waals surface area (Å²) < 4.78 is 26.7. The fraction of sp³-hybridized carbons (Fsp3) is 0.273. The first-order valence-electron chi connectivity index (χ1n) is 9.31. The Labute approximate surface area is 168 Å². The summed E-state index contributed by atoms with van der Waals surface area (Å²) in [4.78, 5) is 24.3. The lowest BCUT2D eigenvalue weighted by Gasteiger charge is -2.08. The van der Waals surface area contributed by atoms with Gasteiger partial charge in [0.1, 0.15) is 23.7 Å². The molecular formula is C22H22O7. The van der Waals surface area contributed by atoms with Crippen LogP contribution in [0.25, 0.3) is 11.0 Å². The Morgan fingerprint density at radius 2 is 1.55 bits per heavy atom. The molecule has 0 saturated heterocycles. The smallest absolute Gasteiger partial charge is 0.374 e. The summed E-state index contributed by atoms with van der Waals surface area (Å²) in [6.45, 7) is 4.00. The number of benzene rings is 2. The Morgan fingerprint density at radius 1 is 0.862 bits per heavy atom. The molecule has 3 aromatic rings. The van der Waals surface area contributed by atoms with Gasteiger partial charge in [0.15, 0.2) is 6.61 Å². The van der Waals surface area contributed by atoms with Gasteiger partial charge in [-0.3, -0.25) is 0 Å². The second kappa shape index (κ2) is 9.64. The lowest BCUT2D eigenvalue weighted by molar-refractivity contribution is -0.147. The van der Waals surface area contributed by atoms with E-state index < -0.39 is 11.9 Å². The molecule has 7 heteroatoms. The Kier molecular flexibility index (Phi) is 6.73. The number of ether oxygens (including phenoxy) is 4. The average Bonchev–Trinajstić information content (AvgIpc) is 3.11. The van der Waals surface area contributed by atoms with Crippen LogP contribution in [0.2, 0.25) is 0 Å². The van der Waals surface area contributed by atoms with E-state index in [0.29, 0.717) is 28.9 Å². The molecule has 0 fully saturated rings. The molecule has 0 atom stereocenters. The zero-order valence-corrected chi connectivity index (χ0v) is 16.3. The monoisotopic (exact) mass is 398 g/mol. The minimum atomic E-state index is -0.597. The molecule has 1 heterocycles. The van der Waals surface area contributed by atoms with E-state index in [4.69, 9.17) is 23.4 Å². The highest BCUT2D eigenvalue weighted by atomic mass is 16.6. The van der Waals surface area contributed by atoms with Crippen molar-refractivity contribution in [3.63, 3.8) is 0 Å². The van der Waals surface area contributed by atoms with Crippen molar-refractivity contribution in [2.24, 2.45) is 0 Å². The summed E-state index contributed by atoms with van der Waals surface area (Å²) in [5, 5.41) is 0.691. The number of carbonyl (C=O) groups is 2. The zero-order valence-electron chi connectivity index (χ0n) is 16.3. The summed E-state index contributed by atoms with van der Waals surface area (Å²) in [7, 11) is 0. The van der Waals surface area contributed by atoms with Crippen molar-refractivity contribution in [1.29, 1.82) is 0 Å². The molecule has 2 aromatic carbocycles. The van der Waals surface area contributed by atoms with Gasteiger partial charge in [-0.2, -0.15) is 0 Å². The molecule has 152 valence electrons. The van der Waals surface area contributed by atoms with Gasteiger partial charge in [0, 0.05) is 5.39 Å². The minimum Gasteiger partial charge on any atom is -0.494 e. The van der Waals surface area contributed by atoms with E-state index in [-0.39, 0.29) is 25.6 Å². The highest BCUT2D eigenvalue weighted by molar-refractivity contribution is 5.96. The van der Waals surface area contributed by atoms with Crippen LogP contribution < -0.4 is 9.47 Å². The van der Waals surface area contributed by atoms with E-state index in [2.05, 4.69) is 0 Å². The normalized spacial score (nSPS) is 10.6. The van der Waals surface area contributed by atoms with Gasteiger partial charge >= 0.3 is 11.9 Å². The van der Waals surface area contributed by atoms with Crippen LogP contribution in [0.1, 0.15) is 30.0 Å². The standard InChI is InChI=1S/C22H22O7/c1-3-25-15-9-11-16(12-10-15)27-14-20(23)28-13-18-17-7-5-6-8-19(17)29-21(18)22(24)26-4-2/h5-12H,3-4,13-14H2,1-2H3. The maximum absolute atomic E-state index is 12.2. The Morgan fingerprint density at radius 3 is 2.24 bits per heavy atom. The molecule has 7 nitrogen and oxygen atoms in total. The molecule has 0 radical (unpaired) electrons. The fourth-order valence-corrected chi connectivity index (χ4v) is 2.74. The summed E-state index contributed by atoms with van der Waals surface area (Å²) >= 11 is 0. The number of esters is 2. The Balaban J connectivity index is 1.63. The molecule has 0 aliphatic rings. The molecule has 3 rings (SSSR count). The number of rotatable bonds is 9. The first-order valence-corrected chi connectivity index (χ1v) is 9.31. The van der Waals surface area contributed by atoms with Crippen molar-refractivity contribution in [2.75, 3.05) is 19.8 Å². The maximum Gasteiger partial charge on any atom is 0.374 e. The molecule has 0 spiro atoms. The number of hydrogen-bond donors (Lipinski definition) is 0. The number of carbonyl (C=O) groups excluding carboxylic acids is 2. The Hall–Kier alpha value is -3.48. The zero-order chi connectivity index (χ0) is 20.6. The van der Waals surface area contributed by atoms with Gasteiger partial charge in [0.25, 0.3) is 0 Å². The first-order chi connectivity index (χ1) is 14.1. The number of furan rings is 1. The lowest BCUT2D eigenvalue weighted by atomic mass is 10.1. The third-order valence-corrected chi connectivity index (χ3v) is 4.03. The molecule has 29 heavy (non-hydrogen) atoms. The highest BCUT2D eigenvalue weighted by Gasteiger charge is 2.22. The molecule has 0 saturated carbocycles. The number of fused-ring (bicyclic) bond motifs is 1. The minimum absolute atomic E-state index is 0.0354. The van der Waals surface area contributed by atoms with Crippen molar-refractivity contribution in [1.82, 2.24) is 0 Å². The van der Waals surface area contributed by atoms with Crippen LogP contribution in [0.4, 0.5) is 0 Å². The molecule has 0 aliphatic carbocycles. The second-order valence-electron chi connectivity index (χ2n) is 5.98. The third-order valence-electron chi connectivity index (χ3n) is 4.03. The highest BCUT2D eigenvalue weighted by Crippen LogP contribution is 2.27. The van der Waals surface area contributed by atoms with Crippen molar-refractivity contribution in [3.05, 3.63) is 59.9 Å². The van der Waals surface area contributed by atoms with Crippen molar-refractivity contribution >= 4 is 22.9 Å². The predicted molar refractivity (Wildman–Crippen MR) is 105 cm³/mol. The molecule has 0 aliphatic heterocycles. The van der Waals surface area contributed by atoms with Crippen LogP contribution in [-0.2, 0) is 20.9 Å². The predicted octanol–water partition coefficient (Wildman–Crippen LogP) is 4.13. The Bertz CT molecular complexity index is 972. The van der Waals surface area contributed by atoms with E-state index in [9.17, 15) is 9.59 Å². The van der Waals surface area contributed by atoms with Gasteiger partial charge in [-0.1, -0.05) is 18.2 Å². The summed E-state index contributed by atoms with van der Waals surface area (Å²) in [5.41, 5.74) is 0.987. The molecular weight excluding hydrogens is 376 g/mol. The van der Waals surface area contributed by atoms with Gasteiger partial charge in [0.05, 0.1) is 18.8 Å². The number of hydrogen-bond acceptors (Lipinski definition) is 7. The van der Waals surface area contributed by atoms with Crippen LogP contribution in [0.5, 0.6) is 11.5 Å². The van der Waals surface area contributed by atoms with E-state index in [1.165, 1.54) is 0 Å². The van der Waals surface area contributed by atoms with Crippen LogP contribution in [0.15, 0.2) is 52.9 Å². The second-order valence-corrected chi connectivity index (χ2v) is 5.98. The number of para-hydroxylation sites is 1. The SMILES string of the molecule is CCOC(=O)c1oc2ccccc2c1COC(=O)COc1ccc(OCC)cc1. The molecule has 0 unspecified atom stereocenters. The van der Waals surface area contributed by atoms with E-state index >= 15 is 0 Å². The van der Waals surface area contributed by atoms with Crippen LogP contribution in [-0.4, -0.2) is 31.8 Å². The van der Waals surface area contributed by atoms with Gasteiger partial charge in [-0.25, -0.2) is 9.59 Å². The average molecular weight is 398 g/mol. The molecule has 0 amide bonds. The summed E-state index contributed by atoms with van der Waals surface area (Å²) in [6, 6.07) is 14.1. The van der Waals surface area contributed by atoms with E-state index in [1.807, 2.05) is 13.0 Å². The van der Waals surface area contributed by atoms with Gasteiger partial charge in [-0.05, 0) is 44.2 Å². The van der Waals surface area contributed by atoms with E-state index in [0.717, 1.165) is 5.75 Å². The van der Waals surface area contributed by atoms with Crippen molar-refractivity contribution in [2.45, 2.75) is 20.5 Å². The summed E-state index contributed by atoms with van der Waals surface area (Å²) in [6.07, 6.45) is 0. The maximum atomic E-state index is 12.2. The van der Waals surface area contributed by atoms with Crippen LogP contribution >= 0.6 is 0 Å². The molecule has 1 aromatic heterocycles. The molecule has 0 N–H and O–H groups in total. The quantitative estimate of drug-likeness (QED) is 0.501. The topological polar surface area (TPSA) is 84.2 Å². The van der Waals surface area contributed by atoms with Crippen LogP contribution in [0.3, 0.4) is 0 Å². The molecule has 0 bridgehead atoms.